The van der Waals surface area contributed by atoms with Gasteiger partial charge in [-0.1, -0.05) is 6.07 Å². The molecule has 3 heterocycles. The van der Waals surface area contributed by atoms with Crippen LogP contribution in [0.4, 0.5) is 5.82 Å². The Morgan fingerprint density at radius 2 is 2.17 bits per heavy atom. The van der Waals surface area contributed by atoms with Crippen LogP contribution in [0.5, 0.6) is 0 Å². The van der Waals surface area contributed by atoms with E-state index in [4.69, 9.17) is 22.9 Å². The first kappa shape index (κ1) is 16.4. The number of fused-ring (bicyclic) bond motifs is 1. The summed E-state index contributed by atoms with van der Waals surface area (Å²) < 4.78 is 1.55. The molecule has 24 heavy (non-hydrogen) atoms. The molecule has 0 aliphatic carbocycles. The summed E-state index contributed by atoms with van der Waals surface area (Å²) in [5, 5.41) is 4.02. The number of aryl methyl sites for hydroxylation is 1. The van der Waals surface area contributed by atoms with E-state index in [0.29, 0.717) is 17.0 Å². The zero-order chi connectivity index (χ0) is 17.1. The van der Waals surface area contributed by atoms with Crippen LogP contribution in [0, 0.1) is 6.92 Å². The molecule has 7 nitrogen and oxygen atoms in total. The van der Waals surface area contributed by atoms with Gasteiger partial charge >= 0.3 is 0 Å². The second-order valence-electron chi connectivity index (χ2n) is 5.82. The normalized spacial score (nSPS) is 15.1. The maximum absolute atomic E-state index is 12.9. The van der Waals surface area contributed by atoms with Crippen LogP contribution in [0.3, 0.4) is 0 Å². The molecule has 0 atom stereocenters. The third-order valence-electron chi connectivity index (χ3n) is 4.09. The van der Waals surface area contributed by atoms with E-state index in [1.165, 1.54) is 12.6 Å². The number of hydrogen-bond acceptors (Lipinski definition) is 5. The van der Waals surface area contributed by atoms with Crippen LogP contribution in [0.1, 0.15) is 30.4 Å². The maximum atomic E-state index is 12.9. The number of nitrogens with two attached hydrogens (primary N) is 1. The van der Waals surface area contributed by atoms with Crippen LogP contribution >= 0.6 is 12.2 Å². The van der Waals surface area contributed by atoms with Crippen molar-refractivity contribution in [3.8, 4) is 0 Å². The third kappa shape index (κ3) is 3.23. The highest BCUT2D eigenvalue weighted by Gasteiger charge is 2.19. The molecule has 0 radical (unpaired) electrons. The molecule has 1 saturated heterocycles. The van der Waals surface area contributed by atoms with Crippen molar-refractivity contribution >= 4 is 35.0 Å². The summed E-state index contributed by atoms with van der Waals surface area (Å²) in [5.41, 5.74) is 9.78. The summed E-state index contributed by atoms with van der Waals surface area (Å²) >= 11 is 4.74. The van der Waals surface area contributed by atoms with E-state index in [9.17, 15) is 4.79 Å². The van der Waals surface area contributed by atoms with Gasteiger partial charge in [0.25, 0.3) is 5.56 Å². The summed E-state index contributed by atoms with van der Waals surface area (Å²) in [7, 11) is 0. The summed E-state index contributed by atoms with van der Waals surface area (Å²) in [6, 6.07) is 3.78. The number of nitrogens with one attached hydrogen (secondary N) is 1. The number of piperidine rings is 1. The fourth-order valence-corrected chi connectivity index (χ4v) is 2.97. The van der Waals surface area contributed by atoms with Gasteiger partial charge in [0.2, 0.25) is 0 Å². The van der Waals surface area contributed by atoms with Crippen molar-refractivity contribution in [1.29, 1.82) is 0 Å². The fraction of sp³-hybridized carbons (Fsp3) is 0.375. The lowest BCUT2D eigenvalue weighted by Gasteiger charge is -2.29. The van der Waals surface area contributed by atoms with E-state index in [0.717, 1.165) is 31.5 Å². The highest BCUT2D eigenvalue weighted by Crippen LogP contribution is 2.20. The molecular formula is C16H20N6OS. The average Bonchev–Trinajstić information content (AvgIpc) is 2.58. The molecule has 126 valence electrons. The van der Waals surface area contributed by atoms with Gasteiger partial charge in [0, 0.05) is 19.3 Å². The molecule has 8 heteroatoms. The topological polar surface area (TPSA) is 88.0 Å². The summed E-state index contributed by atoms with van der Waals surface area (Å²) in [6.07, 6.45) is 6.56. The Morgan fingerprint density at radius 1 is 1.42 bits per heavy atom. The lowest BCUT2D eigenvalue weighted by molar-refractivity contribution is 0.573. The molecular weight excluding hydrogens is 324 g/mol. The Labute approximate surface area is 145 Å². The average molecular weight is 344 g/mol. The van der Waals surface area contributed by atoms with E-state index < -0.39 is 0 Å². The summed E-state index contributed by atoms with van der Waals surface area (Å²) in [4.78, 5) is 19.8. The summed E-state index contributed by atoms with van der Waals surface area (Å²) in [5.74, 6) is 0.669. The highest BCUT2D eigenvalue weighted by molar-refractivity contribution is 7.80. The van der Waals surface area contributed by atoms with E-state index in [2.05, 4.69) is 15.4 Å². The van der Waals surface area contributed by atoms with Gasteiger partial charge in [-0.2, -0.15) is 5.10 Å². The third-order valence-corrected chi connectivity index (χ3v) is 4.18. The van der Waals surface area contributed by atoms with Gasteiger partial charge in [-0.25, -0.2) is 4.98 Å². The molecule has 3 rings (SSSR count). The first-order valence-electron chi connectivity index (χ1n) is 7.93. The van der Waals surface area contributed by atoms with E-state index in [-0.39, 0.29) is 10.7 Å². The lowest BCUT2D eigenvalue weighted by Crippen LogP contribution is -2.34. The molecule has 0 saturated carbocycles. The summed E-state index contributed by atoms with van der Waals surface area (Å²) in [6.45, 7) is 3.72. The number of anilines is 1. The highest BCUT2D eigenvalue weighted by atomic mass is 32.1. The second kappa shape index (κ2) is 6.96. The van der Waals surface area contributed by atoms with Crippen LogP contribution in [0.15, 0.2) is 28.2 Å². The molecule has 0 unspecified atom stereocenters. The van der Waals surface area contributed by atoms with E-state index in [1.54, 1.807) is 10.6 Å². The first-order valence-corrected chi connectivity index (χ1v) is 8.34. The van der Waals surface area contributed by atoms with Crippen LogP contribution in [-0.4, -0.2) is 33.8 Å². The molecule has 1 aliphatic heterocycles. The molecule has 2 aromatic rings. The zero-order valence-electron chi connectivity index (χ0n) is 13.5. The van der Waals surface area contributed by atoms with Gasteiger partial charge in [-0.15, -0.1) is 0 Å². The number of hydrazone groups is 1. The largest absolute Gasteiger partial charge is 0.375 e. The van der Waals surface area contributed by atoms with Gasteiger partial charge in [0.15, 0.2) is 5.11 Å². The minimum Gasteiger partial charge on any atom is -0.375 e. The smallest absolute Gasteiger partial charge is 0.268 e. The van der Waals surface area contributed by atoms with Gasteiger partial charge in [0.05, 0.1) is 6.21 Å². The Hall–Kier alpha value is -2.48. The van der Waals surface area contributed by atoms with Gasteiger partial charge in [-0.3, -0.25) is 14.6 Å². The number of pyridine rings is 1. The predicted molar refractivity (Wildman–Crippen MR) is 99.8 cm³/mol. The Bertz CT molecular complexity index is 854. The van der Waals surface area contributed by atoms with E-state index in [1.807, 2.05) is 19.1 Å². The molecule has 0 aromatic carbocycles. The fourth-order valence-electron chi connectivity index (χ4n) is 2.92. The van der Waals surface area contributed by atoms with Crippen molar-refractivity contribution in [3.05, 3.63) is 39.8 Å². The van der Waals surface area contributed by atoms with Crippen LogP contribution < -0.4 is 21.6 Å². The predicted octanol–water partition coefficient (Wildman–Crippen LogP) is 1.16. The minimum absolute atomic E-state index is 0.0514. The number of nitrogens with zero attached hydrogens (tertiary/aromatic N) is 4. The van der Waals surface area contributed by atoms with Gasteiger partial charge in [-0.05, 0) is 50.0 Å². The molecule has 0 bridgehead atoms. The standard InChI is InChI=1S/C16H20N6OS/c1-11-6-5-9-22-13(11)19-14(21-7-3-2-4-8-21)12(15(22)23)10-18-20-16(17)24/h5-6,9-10H,2-4,7-8H2,1H3,(H3,17,20,24)/b18-10-. The first-order chi connectivity index (χ1) is 11.6. The van der Waals surface area contributed by atoms with Crippen molar-refractivity contribution in [2.24, 2.45) is 10.8 Å². The van der Waals surface area contributed by atoms with Crippen LogP contribution in [0.2, 0.25) is 0 Å². The van der Waals surface area contributed by atoms with E-state index >= 15 is 0 Å². The molecule has 1 aliphatic rings. The Balaban J connectivity index is 2.17. The van der Waals surface area contributed by atoms with Crippen LogP contribution in [0.25, 0.3) is 5.65 Å². The number of hydrogen-bond donors (Lipinski definition) is 2. The zero-order valence-corrected chi connectivity index (χ0v) is 14.3. The monoisotopic (exact) mass is 344 g/mol. The molecule has 1 fully saturated rings. The van der Waals surface area contributed by atoms with Crippen molar-refractivity contribution in [2.45, 2.75) is 26.2 Å². The minimum atomic E-state index is -0.155. The maximum Gasteiger partial charge on any atom is 0.268 e. The van der Waals surface area contributed by atoms with Crippen molar-refractivity contribution < 1.29 is 0 Å². The lowest BCUT2D eigenvalue weighted by atomic mass is 10.1. The SMILES string of the molecule is Cc1cccn2c(=O)c(/C=N\NC(N)=S)c(N3CCCCC3)nc12. The molecule has 2 aromatic heterocycles. The molecule has 0 spiro atoms. The van der Waals surface area contributed by atoms with Crippen molar-refractivity contribution in [1.82, 2.24) is 14.8 Å². The molecule has 0 amide bonds. The van der Waals surface area contributed by atoms with Crippen molar-refractivity contribution in [3.63, 3.8) is 0 Å². The Kier molecular flexibility index (Phi) is 4.75. The van der Waals surface area contributed by atoms with Gasteiger partial charge < -0.3 is 10.6 Å². The van der Waals surface area contributed by atoms with Crippen molar-refractivity contribution in [2.75, 3.05) is 18.0 Å². The molecule has 3 N–H and O–H groups in total. The number of rotatable bonds is 3. The number of thiocarbonyl (C=S) groups is 1. The quantitative estimate of drug-likeness (QED) is 0.493. The van der Waals surface area contributed by atoms with Crippen LogP contribution in [-0.2, 0) is 0 Å². The number of aromatic nitrogens is 2. The Morgan fingerprint density at radius 3 is 2.88 bits per heavy atom. The second-order valence-corrected chi connectivity index (χ2v) is 6.26. The van der Waals surface area contributed by atoms with Gasteiger partial charge in [0.1, 0.15) is 17.0 Å².